The molecular formula is C35H47N3O2. The first-order valence-corrected chi connectivity index (χ1v) is 15.4. The molecule has 40 heavy (non-hydrogen) atoms. The maximum absolute atomic E-state index is 14.1. The van der Waals surface area contributed by atoms with Crippen LogP contribution in [0, 0.1) is 24.7 Å². The maximum Gasteiger partial charge on any atom is 0.230 e. The van der Waals surface area contributed by atoms with Gasteiger partial charge in [0.25, 0.3) is 0 Å². The fourth-order valence-corrected chi connectivity index (χ4v) is 6.77. The predicted octanol–water partition coefficient (Wildman–Crippen LogP) is 8.58. The van der Waals surface area contributed by atoms with Crippen molar-refractivity contribution >= 4 is 11.6 Å². The van der Waals surface area contributed by atoms with Gasteiger partial charge in [0.1, 0.15) is 5.75 Å². The summed E-state index contributed by atoms with van der Waals surface area (Å²) >= 11 is 0. The number of aryl methyl sites for hydroxylation is 1. The summed E-state index contributed by atoms with van der Waals surface area (Å²) in [4.78, 5) is 16.3. The van der Waals surface area contributed by atoms with E-state index < -0.39 is 0 Å². The van der Waals surface area contributed by atoms with Crippen LogP contribution in [-0.2, 0) is 4.79 Å². The molecular weight excluding hydrogens is 494 g/mol. The number of nitrogens with zero attached hydrogens (tertiary/aromatic N) is 3. The zero-order valence-electron chi connectivity index (χ0n) is 25.1. The Kier molecular flexibility index (Phi) is 8.97. The van der Waals surface area contributed by atoms with Gasteiger partial charge in [0.15, 0.2) is 0 Å². The number of rotatable bonds is 8. The molecule has 2 saturated carbocycles. The van der Waals surface area contributed by atoms with Gasteiger partial charge < -0.3 is 9.64 Å². The number of hydrogen-bond donors (Lipinski definition) is 0. The summed E-state index contributed by atoms with van der Waals surface area (Å²) in [6.07, 6.45) is 13.1. The second kappa shape index (κ2) is 12.6. The zero-order valence-corrected chi connectivity index (χ0v) is 25.1. The van der Waals surface area contributed by atoms with Crippen LogP contribution in [0.2, 0.25) is 0 Å². The second-order valence-electron chi connectivity index (χ2n) is 12.7. The Bertz CT molecular complexity index is 1280. The van der Waals surface area contributed by atoms with Crippen LogP contribution >= 0.6 is 0 Å². The zero-order chi connectivity index (χ0) is 28.2. The average molecular weight is 542 g/mol. The van der Waals surface area contributed by atoms with Crippen molar-refractivity contribution in [3.8, 4) is 16.9 Å². The highest BCUT2D eigenvalue weighted by Gasteiger charge is 2.32. The standard InChI is InChI=1S/C35H47N3O2/c1-24(2)38-23-32(21-36-38)30-7-6-8-33(20-30)37(35(39)29-13-9-25(3)10-14-29)22-27-11-15-28(16-12-27)31-17-18-34(40-5)26(4)19-31/h6-8,17-21,23-25,27-29H,9-16,22H2,1-5H3. The molecule has 1 aromatic heterocycles. The fraction of sp³-hybridized carbons (Fsp3) is 0.543. The Morgan fingerprint density at radius 1 is 1.00 bits per heavy atom. The normalized spacial score (nSPS) is 23.2. The van der Waals surface area contributed by atoms with E-state index in [4.69, 9.17) is 4.74 Å². The third-order valence-electron chi connectivity index (χ3n) is 9.43. The van der Waals surface area contributed by atoms with Crippen LogP contribution < -0.4 is 9.64 Å². The Labute approximate surface area is 240 Å². The minimum atomic E-state index is 0.141. The van der Waals surface area contributed by atoms with Gasteiger partial charge in [0.05, 0.1) is 13.3 Å². The summed E-state index contributed by atoms with van der Waals surface area (Å²) < 4.78 is 7.47. The Hall–Kier alpha value is -3.08. The molecule has 2 fully saturated rings. The van der Waals surface area contributed by atoms with Gasteiger partial charge in [0, 0.05) is 36.0 Å². The van der Waals surface area contributed by atoms with Crippen LogP contribution in [-0.4, -0.2) is 29.3 Å². The molecule has 0 N–H and O–H groups in total. The lowest BCUT2D eigenvalue weighted by atomic mass is 9.78. The Morgan fingerprint density at radius 3 is 2.40 bits per heavy atom. The monoisotopic (exact) mass is 541 g/mol. The van der Waals surface area contributed by atoms with E-state index in [1.54, 1.807) is 7.11 Å². The quantitative estimate of drug-likeness (QED) is 0.287. The summed E-state index contributed by atoms with van der Waals surface area (Å²) in [7, 11) is 1.74. The molecule has 5 heteroatoms. The third kappa shape index (κ3) is 6.45. The second-order valence-corrected chi connectivity index (χ2v) is 12.7. The molecule has 0 saturated heterocycles. The topological polar surface area (TPSA) is 47.4 Å². The highest BCUT2D eigenvalue weighted by Crippen LogP contribution is 2.39. The molecule has 0 spiro atoms. The number of methoxy groups -OCH3 is 1. The average Bonchev–Trinajstić information content (AvgIpc) is 3.47. The van der Waals surface area contributed by atoms with Crippen LogP contribution in [0.3, 0.4) is 0 Å². The van der Waals surface area contributed by atoms with Crippen LogP contribution in [0.4, 0.5) is 5.69 Å². The van der Waals surface area contributed by atoms with E-state index in [-0.39, 0.29) is 5.92 Å². The van der Waals surface area contributed by atoms with Gasteiger partial charge in [-0.25, -0.2) is 0 Å². The van der Waals surface area contributed by atoms with Gasteiger partial charge in [-0.2, -0.15) is 5.10 Å². The Morgan fingerprint density at radius 2 is 1.75 bits per heavy atom. The molecule has 214 valence electrons. The van der Waals surface area contributed by atoms with Gasteiger partial charge in [0.2, 0.25) is 5.91 Å². The lowest BCUT2D eigenvalue weighted by Crippen LogP contribution is -2.41. The minimum Gasteiger partial charge on any atom is -0.496 e. The molecule has 0 aliphatic heterocycles. The van der Waals surface area contributed by atoms with Gasteiger partial charge in [-0.05, 0) is 125 Å². The van der Waals surface area contributed by atoms with Gasteiger partial charge in [-0.15, -0.1) is 0 Å². The van der Waals surface area contributed by atoms with Crippen molar-refractivity contribution in [2.24, 2.45) is 17.8 Å². The summed E-state index contributed by atoms with van der Waals surface area (Å²) in [6, 6.07) is 15.5. The molecule has 5 rings (SSSR count). The summed E-state index contributed by atoms with van der Waals surface area (Å²) in [6.45, 7) is 9.55. The number of hydrogen-bond acceptors (Lipinski definition) is 3. The number of carbonyl (C=O) groups excluding carboxylic acids is 1. The van der Waals surface area contributed by atoms with Gasteiger partial charge in [-0.1, -0.05) is 31.2 Å². The molecule has 0 radical (unpaired) electrons. The molecule has 0 bridgehead atoms. The fourth-order valence-electron chi connectivity index (χ4n) is 6.77. The largest absolute Gasteiger partial charge is 0.496 e. The Balaban J connectivity index is 1.33. The number of aromatic nitrogens is 2. The first-order chi connectivity index (χ1) is 19.3. The van der Waals surface area contributed by atoms with Crippen molar-refractivity contribution in [1.82, 2.24) is 9.78 Å². The lowest BCUT2D eigenvalue weighted by Gasteiger charge is -2.36. The molecule has 0 unspecified atom stereocenters. The van der Waals surface area contributed by atoms with E-state index in [2.05, 4.69) is 86.4 Å². The molecule has 1 amide bonds. The molecule has 3 aromatic rings. The highest BCUT2D eigenvalue weighted by atomic mass is 16.5. The summed E-state index contributed by atoms with van der Waals surface area (Å²) in [5.74, 6) is 3.27. The third-order valence-corrected chi connectivity index (χ3v) is 9.43. The highest BCUT2D eigenvalue weighted by molar-refractivity contribution is 5.95. The van der Waals surface area contributed by atoms with Crippen molar-refractivity contribution in [2.45, 2.75) is 91.0 Å². The number of ether oxygens (including phenoxy) is 1. The number of anilines is 1. The van der Waals surface area contributed by atoms with E-state index in [9.17, 15) is 4.79 Å². The lowest BCUT2D eigenvalue weighted by molar-refractivity contribution is -0.123. The summed E-state index contributed by atoms with van der Waals surface area (Å²) in [5, 5.41) is 4.55. The van der Waals surface area contributed by atoms with Crippen LogP contribution in [0.1, 0.15) is 95.2 Å². The molecule has 5 nitrogen and oxygen atoms in total. The number of carbonyl (C=O) groups is 1. The molecule has 0 atom stereocenters. The number of amides is 1. The molecule has 1 heterocycles. The van der Waals surface area contributed by atoms with Crippen molar-refractivity contribution in [3.05, 3.63) is 66.0 Å². The van der Waals surface area contributed by atoms with Crippen molar-refractivity contribution in [3.63, 3.8) is 0 Å². The van der Waals surface area contributed by atoms with E-state index in [1.807, 2.05) is 10.9 Å². The first-order valence-electron chi connectivity index (χ1n) is 15.4. The van der Waals surface area contributed by atoms with E-state index in [0.717, 1.165) is 73.6 Å². The summed E-state index contributed by atoms with van der Waals surface area (Å²) in [5.41, 5.74) is 5.89. The van der Waals surface area contributed by atoms with E-state index in [0.29, 0.717) is 23.8 Å². The van der Waals surface area contributed by atoms with E-state index in [1.165, 1.54) is 24.0 Å². The van der Waals surface area contributed by atoms with Crippen LogP contribution in [0.15, 0.2) is 54.9 Å². The minimum absolute atomic E-state index is 0.141. The smallest absolute Gasteiger partial charge is 0.230 e. The molecule has 2 aliphatic rings. The molecule has 2 aliphatic carbocycles. The predicted molar refractivity (Wildman–Crippen MR) is 164 cm³/mol. The number of benzene rings is 2. The van der Waals surface area contributed by atoms with Crippen LogP contribution in [0.25, 0.3) is 11.1 Å². The van der Waals surface area contributed by atoms with Crippen molar-refractivity contribution in [2.75, 3.05) is 18.6 Å². The maximum atomic E-state index is 14.1. The van der Waals surface area contributed by atoms with Crippen LogP contribution in [0.5, 0.6) is 5.75 Å². The van der Waals surface area contributed by atoms with Gasteiger partial charge >= 0.3 is 0 Å². The molecule has 2 aromatic carbocycles. The van der Waals surface area contributed by atoms with Crippen molar-refractivity contribution < 1.29 is 9.53 Å². The first kappa shape index (κ1) is 28.4. The SMILES string of the molecule is COc1ccc(C2CCC(CN(C(=O)C3CCC(C)CC3)c3cccc(-c4cnn(C(C)C)c4)c3)CC2)cc1C. The van der Waals surface area contributed by atoms with Crippen molar-refractivity contribution in [1.29, 1.82) is 0 Å². The van der Waals surface area contributed by atoms with E-state index >= 15 is 0 Å². The van der Waals surface area contributed by atoms with Gasteiger partial charge in [-0.3, -0.25) is 9.48 Å².